The first kappa shape index (κ1) is 14.0. The van der Waals surface area contributed by atoms with E-state index in [1.54, 1.807) is 24.3 Å². The molecule has 1 aromatic carbocycles. The number of hydrogen-bond acceptors (Lipinski definition) is 2. The minimum Gasteiger partial charge on any atom is -0.350 e. The Bertz CT molecular complexity index is 389. The van der Waals surface area contributed by atoms with Crippen molar-refractivity contribution in [1.29, 1.82) is 0 Å². The molecule has 3 nitrogen and oxygen atoms in total. The van der Waals surface area contributed by atoms with Gasteiger partial charge in [-0.2, -0.15) is 0 Å². The van der Waals surface area contributed by atoms with Gasteiger partial charge in [-0.05, 0) is 25.0 Å². The quantitative estimate of drug-likeness (QED) is 0.849. The van der Waals surface area contributed by atoms with E-state index in [2.05, 4.69) is 5.32 Å². The highest BCUT2D eigenvalue weighted by Crippen LogP contribution is 2.15. The molecule has 1 aromatic rings. The number of hydrogen-bond donors (Lipinski definition) is 2. The third-order valence-electron chi connectivity index (χ3n) is 3.13. The standard InChI is InChI=1S/C13H19ClN2O/c1-3-13(15,4-2)9-16-12(17)10-7-5-6-8-11(10)14/h5-8H,3-4,9,15H2,1-2H3,(H,16,17). The molecule has 0 fully saturated rings. The van der Waals surface area contributed by atoms with Crippen LogP contribution in [0, 0.1) is 0 Å². The first-order valence-electron chi connectivity index (χ1n) is 5.84. The van der Waals surface area contributed by atoms with Crippen LogP contribution in [0.1, 0.15) is 37.0 Å². The summed E-state index contributed by atoms with van der Waals surface area (Å²) in [7, 11) is 0. The van der Waals surface area contributed by atoms with Gasteiger partial charge in [0, 0.05) is 12.1 Å². The van der Waals surface area contributed by atoms with Crippen molar-refractivity contribution in [3.63, 3.8) is 0 Å². The molecule has 1 rings (SSSR count). The summed E-state index contributed by atoms with van der Waals surface area (Å²) in [6.45, 7) is 4.50. The smallest absolute Gasteiger partial charge is 0.252 e. The van der Waals surface area contributed by atoms with Crippen molar-refractivity contribution < 1.29 is 4.79 Å². The predicted octanol–water partition coefficient (Wildman–Crippen LogP) is 2.59. The lowest BCUT2D eigenvalue weighted by atomic mass is 9.94. The summed E-state index contributed by atoms with van der Waals surface area (Å²) in [6.07, 6.45) is 1.65. The fourth-order valence-corrected chi connectivity index (χ4v) is 1.72. The minimum absolute atomic E-state index is 0.174. The zero-order valence-electron chi connectivity index (χ0n) is 10.3. The van der Waals surface area contributed by atoms with Crippen LogP contribution in [0.3, 0.4) is 0 Å². The van der Waals surface area contributed by atoms with Crippen molar-refractivity contribution in [2.24, 2.45) is 5.73 Å². The Morgan fingerprint density at radius 2 is 1.94 bits per heavy atom. The molecule has 0 saturated carbocycles. The average Bonchev–Trinajstić information content (AvgIpc) is 2.36. The molecule has 0 aromatic heterocycles. The van der Waals surface area contributed by atoms with E-state index in [1.165, 1.54) is 0 Å². The lowest BCUT2D eigenvalue weighted by molar-refractivity contribution is 0.0942. The molecule has 17 heavy (non-hydrogen) atoms. The number of halogens is 1. The second-order valence-corrected chi connectivity index (χ2v) is 4.64. The summed E-state index contributed by atoms with van der Waals surface area (Å²) >= 11 is 5.94. The third kappa shape index (κ3) is 3.72. The van der Waals surface area contributed by atoms with Crippen molar-refractivity contribution in [2.75, 3.05) is 6.54 Å². The summed E-state index contributed by atoms with van der Waals surface area (Å²) in [5.74, 6) is -0.174. The highest BCUT2D eigenvalue weighted by Gasteiger charge is 2.21. The first-order valence-corrected chi connectivity index (χ1v) is 6.22. The van der Waals surface area contributed by atoms with Crippen molar-refractivity contribution >= 4 is 17.5 Å². The van der Waals surface area contributed by atoms with Gasteiger partial charge in [-0.25, -0.2) is 0 Å². The molecular weight excluding hydrogens is 236 g/mol. The van der Waals surface area contributed by atoms with E-state index in [-0.39, 0.29) is 11.4 Å². The van der Waals surface area contributed by atoms with Crippen LogP contribution >= 0.6 is 11.6 Å². The molecule has 0 radical (unpaired) electrons. The van der Waals surface area contributed by atoms with Crippen LogP contribution < -0.4 is 11.1 Å². The van der Waals surface area contributed by atoms with Crippen molar-refractivity contribution in [2.45, 2.75) is 32.2 Å². The average molecular weight is 255 g/mol. The minimum atomic E-state index is -0.336. The van der Waals surface area contributed by atoms with E-state index in [0.717, 1.165) is 12.8 Å². The van der Waals surface area contributed by atoms with Gasteiger partial charge in [-0.3, -0.25) is 4.79 Å². The lowest BCUT2D eigenvalue weighted by Crippen LogP contribution is -2.49. The number of nitrogens with one attached hydrogen (secondary N) is 1. The van der Waals surface area contributed by atoms with E-state index >= 15 is 0 Å². The van der Waals surface area contributed by atoms with Gasteiger partial charge >= 0.3 is 0 Å². The van der Waals surface area contributed by atoms with Crippen molar-refractivity contribution in [3.05, 3.63) is 34.9 Å². The molecule has 0 unspecified atom stereocenters. The molecule has 0 aliphatic heterocycles. The normalized spacial score (nSPS) is 11.3. The molecule has 4 heteroatoms. The number of benzene rings is 1. The van der Waals surface area contributed by atoms with Gasteiger partial charge in [0.2, 0.25) is 0 Å². The fraction of sp³-hybridized carbons (Fsp3) is 0.462. The van der Waals surface area contributed by atoms with Gasteiger partial charge in [-0.15, -0.1) is 0 Å². The van der Waals surface area contributed by atoms with E-state index in [4.69, 9.17) is 17.3 Å². The molecule has 3 N–H and O–H groups in total. The molecule has 0 bridgehead atoms. The topological polar surface area (TPSA) is 55.1 Å². The molecule has 0 aliphatic carbocycles. The Hall–Kier alpha value is -1.06. The lowest BCUT2D eigenvalue weighted by Gasteiger charge is -2.26. The molecule has 0 spiro atoms. The van der Waals surface area contributed by atoms with Gasteiger partial charge in [0.05, 0.1) is 10.6 Å². The summed E-state index contributed by atoms with van der Waals surface area (Å²) in [4.78, 5) is 11.9. The van der Waals surface area contributed by atoms with Crippen LogP contribution in [0.2, 0.25) is 5.02 Å². The van der Waals surface area contributed by atoms with Crippen LogP contribution in [0.5, 0.6) is 0 Å². The maximum Gasteiger partial charge on any atom is 0.252 e. The molecule has 1 amide bonds. The molecule has 0 aliphatic rings. The van der Waals surface area contributed by atoms with Crippen LogP contribution in [-0.2, 0) is 0 Å². The van der Waals surface area contributed by atoms with E-state index in [1.807, 2.05) is 13.8 Å². The highest BCUT2D eigenvalue weighted by atomic mass is 35.5. The first-order chi connectivity index (χ1) is 8.02. The third-order valence-corrected chi connectivity index (χ3v) is 3.46. The largest absolute Gasteiger partial charge is 0.350 e. The number of carbonyl (C=O) groups is 1. The van der Waals surface area contributed by atoms with Gasteiger partial charge in [-0.1, -0.05) is 37.6 Å². The number of carbonyl (C=O) groups excluding carboxylic acids is 1. The van der Waals surface area contributed by atoms with Gasteiger partial charge in [0.1, 0.15) is 0 Å². The summed E-state index contributed by atoms with van der Waals surface area (Å²) in [5, 5.41) is 3.29. The van der Waals surface area contributed by atoms with Crippen LogP contribution in [0.15, 0.2) is 24.3 Å². The Kier molecular flexibility index (Phi) is 4.97. The maximum absolute atomic E-state index is 11.9. The van der Waals surface area contributed by atoms with Gasteiger partial charge < -0.3 is 11.1 Å². The van der Waals surface area contributed by atoms with Crippen molar-refractivity contribution in [3.8, 4) is 0 Å². The van der Waals surface area contributed by atoms with Crippen LogP contribution in [-0.4, -0.2) is 18.0 Å². The molecule has 94 valence electrons. The Morgan fingerprint density at radius 3 is 2.47 bits per heavy atom. The van der Waals surface area contributed by atoms with E-state index in [9.17, 15) is 4.79 Å². The van der Waals surface area contributed by atoms with Gasteiger partial charge in [0.25, 0.3) is 5.91 Å². The zero-order valence-corrected chi connectivity index (χ0v) is 11.1. The molecule has 0 heterocycles. The van der Waals surface area contributed by atoms with Crippen molar-refractivity contribution in [1.82, 2.24) is 5.32 Å². The fourth-order valence-electron chi connectivity index (χ4n) is 1.50. The molecular formula is C13H19ClN2O. The number of rotatable bonds is 5. The predicted molar refractivity (Wildman–Crippen MR) is 71.3 cm³/mol. The number of amides is 1. The maximum atomic E-state index is 11.9. The molecule has 0 saturated heterocycles. The highest BCUT2D eigenvalue weighted by molar-refractivity contribution is 6.33. The molecule has 0 atom stereocenters. The van der Waals surface area contributed by atoms with Crippen LogP contribution in [0.25, 0.3) is 0 Å². The Balaban J connectivity index is 2.65. The SMILES string of the molecule is CCC(N)(CC)CNC(=O)c1ccccc1Cl. The monoisotopic (exact) mass is 254 g/mol. The Morgan fingerprint density at radius 1 is 1.35 bits per heavy atom. The summed E-state index contributed by atoms with van der Waals surface area (Å²) in [5.41, 5.74) is 6.27. The van der Waals surface area contributed by atoms with E-state index in [0.29, 0.717) is 17.1 Å². The Labute approximate surface area is 107 Å². The number of nitrogens with two attached hydrogens (primary N) is 1. The van der Waals surface area contributed by atoms with Gasteiger partial charge in [0.15, 0.2) is 0 Å². The second kappa shape index (κ2) is 6.03. The van der Waals surface area contributed by atoms with Crippen LogP contribution in [0.4, 0.5) is 0 Å². The zero-order chi connectivity index (χ0) is 12.9. The summed E-state index contributed by atoms with van der Waals surface area (Å²) < 4.78 is 0. The van der Waals surface area contributed by atoms with E-state index < -0.39 is 0 Å². The second-order valence-electron chi connectivity index (χ2n) is 4.23. The summed E-state index contributed by atoms with van der Waals surface area (Å²) in [6, 6.07) is 6.99.